The molecule has 8 heteroatoms. The van der Waals surface area contributed by atoms with E-state index in [4.69, 9.17) is 22.3 Å². The predicted octanol–water partition coefficient (Wildman–Crippen LogP) is 8.55. The average Bonchev–Trinajstić information content (AvgIpc) is 3.06. The quantitative estimate of drug-likeness (QED) is 0.0747. The van der Waals surface area contributed by atoms with Gasteiger partial charge < -0.3 is 22.3 Å². The van der Waals surface area contributed by atoms with E-state index in [0.717, 1.165) is 44.1 Å². The maximum Gasteiger partial charge on any atom is 0.536 e. The molecular formula is C36H41O6PSi. The third-order valence-corrected chi connectivity index (χ3v) is 11.9. The van der Waals surface area contributed by atoms with E-state index in [1.165, 1.54) is 0 Å². The Balaban J connectivity index is 1.35. The predicted molar refractivity (Wildman–Crippen MR) is 184 cm³/mol. The molecule has 0 spiro atoms. The van der Waals surface area contributed by atoms with E-state index < -0.39 is 16.4 Å². The van der Waals surface area contributed by atoms with Gasteiger partial charge in [-0.25, -0.2) is 0 Å². The van der Waals surface area contributed by atoms with Crippen molar-refractivity contribution < 1.29 is 26.9 Å². The van der Waals surface area contributed by atoms with Crippen LogP contribution in [0.1, 0.15) is 41.7 Å². The first kappa shape index (κ1) is 33.5. The SMILES string of the molecule is CCOP(=O)(Cc1ccc(/C=C/c2ccc(-c3ccc(/C=C/c4ccc([Si](OC)(OC)OC)cc4)cc3)cc2)cc1)OCC. The van der Waals surface area contributed by atoms with E-state index >= 15 is 0 Å². The maximum atomic E-state index is 12.8. The summed E-state index contributed by atoms with van der Waals surface area (Å²) in [5, 5.41) is 0.924. The minimum atomic E-state index is -3.11. The molecule has 0 heterocycles. The van der Waals surface area contributed by atoms with E-state index in [1.54, 1.807) is 21.3 Å². The summed E-state index contributed by atoms with van der Waals surface area (Å²) >= 11 is 0. The molecular weight excluding hydrogens is 587 g/mol. The fourth-order valence-corrected chi connectivity index (χ4v) is 8.32. The highest BCUT2D eigenvalue weighted by atomic mass is 31.2. The molecule has 0 aliphatic carbocycles. The highest BCUT2D eigenvalue weighted by Gasteiger charge is 2.40. The van der Waals surface area contributed by atoms with Crippen molar-refractivity contribution in [2.24, 2.45) is 0 Å². The van der Waals surface area contributed by atoms with Crippen LogP contribution in [0.5, 0.6) is 0 Å². The van der Waals surface area contributed by atoms with Crippen molar-refractivity contribution in [3.8, 4) is 11.1 Å². The molecule has 4 aromatic carbocycles. The van der Waals surface area contributed by atoms with E-state index in [0.29, 0.717) is 13.2 Å². The Morgan fingerprint density at radius 1 is 0.545 bits per heavy atom. The summed E-state index contributed by atoms with van der Waals surface area (Å²) in [4.78, 5) is 0. The van der Waals surface area contributed by atoms with Crippen molar-refractivity contribution in [2.75, 3.05) is 34.5 Å². The molecule has 0 N–H and O–H groups in total. The average molecular weight is 629 g/mol. The fraction of sp³-hybridized carbons (Fsp3) is 0.222. The standard InChI is InChI=1S/C36H41O6PSi/c1-6-41-43(37,42-7-2)28-33-14-12-29(13-15-33)8-9-30-16-22-34(23-17-30)35-24-18-31(19-25-35)10-11-32-20-26-36(27-21-32)44(38-3,39-4)40-5/h8-27H,6-7,28H2,1-5H3/b9-8+,11-10+. The lowest BCUT2D eigenvalue weighted by Crippen LogP contribution is -2.54. The highest BCUT2D eigenvalue weighted by Crippen LogP contribution is 2.51. The van der Waals surface area contributed by atoms with E-state index in [9.17, 15) is 4.57 Å². The molecule has 0 aromatic heterocycles. The maximum absolute atomic E-state index is 12.8. The van der Waals surface area contributed by atoms with Gasteiger partial charge in [-0.1, -0.05) is 121 Å². The molecule has 0 unspecified atom stereocenters. The van der Waals surface area contributed by atoms with Crippen LogP contribution in [0.2, 0.25) is 0 Å². The first-order valence-electron chi connectivity index (χ1n) is 14.7. The Kier molecular flexibility index (Phi) is 12.2. The first-order chi connectivity index (χ1) is 21.4. The van der Waals surface area contributed by atoms with Crippen LogP contribution in [-0.4, -0.2) is 43.3 Å². The lowest BCUT2D eigenvalue weighted by atomic mass is 10.0. The summed E-state index contributed by atoms with van der Waals surface area (Å²) < 4.78 is 40.3. The third kappa shape index (κ3) is 8.84. The van der Waals surface area contributed by atoms with Crippen LogP contribution in [0, 0.1) is 0 Å². The van der Waals surface area contributed by atoms with Crippen LogP contribution < -0.4 is 5.19 Å². The smallest absolute Gasteiger partial charge is 0.373 e. The number of rotatable bonds is 15. The zero-order valence-electron chi connectivity index (χ0n) is 26.1. The summed E-state index contributed by atoms with van der Waals surface area (Å²) in [6, 6.07) is 33.1. The van der Waals surface area contributed by atoms with Gasteiger partial charge in [-0.3, -0.25) is 4.57 Å². The second-order valence-electron chi connectivity index (χ2n) is 10.0. The molecule has 0 aliphatic rings. The van der Waals surface area contributed by atoms with Gasteiger partial charge in [0, 0.05) is 26.5 Å². The Labute approximate surface area is 262 Å². The molecule has 230 valence electrons. The van der Waals surface area contributed by atoms with Crippen LogP contribution in [0.25, 0.3) is 35.4 Å². The summed E-state index contributed by atoms with van der Waals surface area (Å²) in [6.45, 7) is 4.37. The van der Waals surface area contributed by atoms with Crippen molar-refractivity contribution in [3.05, 3.63) is 125 Å². The van der Waals surface area contributed by atoms with Gasteiger partial charge in [-0.2, -0.15) is 0 Å². The number of hydrogen-bond acceptors (Lipinski definition) is 6. The lowest BCUT2D eigenvalue weighted by molar-refractivity contribution is 0.140. The molecule has 0 saturated heterocycles. The minimum absolute atomic E-state index is 0.271. The van der Waals surface area contributed by atoms with Crippen LogP contribution in [0.4, 0.5) is 0 Å². The van der Waals surface area contributed by atoms with Gasteiger partial charge in [0.05, 0.1) is 19.4 Å². The molecule has 0 atom stereocenters. The molecule has 44 heavy (non-hydrogen) atoms. The van der Waals surface area contributed by atoms with E-state index in [1.807, 2.05) is 62.4 Å². The summed E-state index contributed by atoms with van der Waals surface area (Å²) in [5.74, 6) is 0. The molecule has 0 amide bonds. The van der Waals surface area contributed by atoms with Gasteiger partial charge >= 0.3 is 16.4 Å². The van der Waals surface area contributed by atoms with E-state index in [2.05, 4.69) is 72.8 Å². The summed E-state index contributed by atoms with van der Waals surface area (Å²) in [7, 11) is -1.10. The van der Waals surface area contributed by atoms with Crippen molar-refractivity contribution in [1.82, 2.24) is 0 Å². The largest absolute Gasteiger partial charge is 0.536 e. The van der Waals surface area contributed by atoms with Crippen molar-refractivity contribution in [1.29, 1.82) is 0 Å². The molecule has 0 aliphatic heterocycles. The van der Waals surface area contributed by atoms with Crippen molar-refractivity contribution in [2.45, 2.75) is 20.0 Å². The summed E-state index contributed by atoms with van der Waals surface area (Å²) in [6.07, 6.45) is 8.62. The highest BCUT2D eigenvalue weighted by molar-refractivity contribution is 7.53. The van der Waals surface area contributed by atoms with Crippen LogP contribution in [0.3, 0.4) is 0 Å². The van der Waals surface area contributed by atoms with Crippen LogP contribution >= 0.6 is 7.60 Å². The molecule has 4 rings (SSSR count). The first-order valence-corrected chi connectivity index (χ1v) is 18.1. The molecule has 6 nitrogen and oxygen atoms in total. The van der Waals surface area contributed by atoms with Gasteiger partial charge in [0.1, 0.15) is 0 Å². The number of hydrogen-bond donors (Lipinski definition) is 0. The van der Waals surface area contributed by atoms with Crippen LogP contribution in [-0.2, 0) is 33.1 Å². The monoisotopic (exact) mass is 628 g/mol. The van der Waals surface area contributed by atoms with Gasteiger partial charge in [-0.05, 0) is 52.8 Å². The van der Waals surface area contributed by atoms with Gasteiger partial charge in [0.15, 0.2) is 0 Å². The molecule has 0 fully saturated rings. The Morgan fingerprint density at radius 3 is 1.23 bits per heavy atom. The van der Waals surface area contributed by atoms with Crippen molar-refractivity contribution in [3.63, 3.8) is 0 Å². The Bertz CT molecular complexity index is 1540. The Hall–Kier alpha value is -3.39. The zero-order valence-corrected chi connectivity index (χ0v) is 28.0. The third-order valence-electron chi connectivity index (χ3n) is 7.17. The van der Waals surface area contributed by atoms with Crippen LogP contribution in [0.15, 0.2) is 97.1 Å². The molecule has 0 radical (unpaired) electrons. The molecule has 0 saturated carbocycles. The summed E-state index contributed by atoms with van der Waals surface area (Å²) in [5.41, 5.74) is 7.63. The molecule has 4 aromatic rings. The van der Waals surface area contributed by atoms with Gasteiger partial charge in [0.25, 0.3) is 0 Å². The van der Waals surface area contributed by atoms with Crippen molar-refractivity contribution >= 4 is 45.9 Å². The topological polar surface area (TPSA) is 63.2 Å². The number of benzene rings is 4. The fourth-order valence-electron chi connectivity index (χ4n) is 4.84. The zero-order chi connectivity index (χ0) is 31.4. The van der Waals surface area contributed by atoms with Gasteiger partial charge in [-0.15, -0.1) is 0 Å². The normalized spacial score (nSPS) is 12.4. The van der Waals surface area contributed by atoms with Gasteiger partial charge in [0.2, 0.25) is 0 Å². The Morgan fingerprint density at radius 2 is 0.886 bits per heavy atom. The molecule has 0 bridgehead atoms. The second kappa shape index (κ2) is 16.1. The lowest BCUT2D eigenvalue weighted by Gasteiger charge is -2.24. The van der Waals surface area contributed by atoms with E-state index in [-0.39, 0.29) is 6.16 Å². The second-order valence-corrected chi connectivity index (χ2v) is 15.0. The minimum Gasteiger partial charge on any atom is -0.373 e.